The Kier molecular flexibility index (Phi) is 4.36. The molecule has 1 aliphatic rings. The number of carbonyl (C=O) groups excluding carboxylic acids is 1. The van der Waals surface area contributed by atoms with E-state index in [1.807, 2.05) is 0 Å². The highest BCUT2D eigenvalue weighted by atomic mass is 16.6. The van der Waals surface area contributed by atoms with Crippen LogP contribution in [0.25, 0.3) is 0 Å². The number of rotatable bonds is 3. The molecule has 118 valence electrons. The van der Waals surface area contributed by atoms with Gasteiger partial charge in [-0.15, -0.1) is 0 Å². The van der Waals surface area contributed by atoms with Gasteiger partial charge in [0, 0.05) is 24.7 Å². The lowest BCUT2D eigenvalue weighted by Gasteiger charge is -2.30. The van der Waals surface area contributed by atoms with Crippen molar-refractivity contribution in [1.82, 2.24) is 4.90 Å². The molecule has 0 radical (unpaired) electrons. The maximum atomic E-state index is 12.5. The highest BCUT2D eigenvalue weighted by Crippen LogP contribution is 2.29. The van der Waals surface area contributed by atoms with Crippen molar-refractivity contribution in [2.45, 2.75) is 25.9 Å². The van der Waals surface area contributed by atoms with E-state index in [0.29, 0.717) is 19.4 Å². The van der Waals surface area contributed by atoms with Crippen molar-refractivity contribution < 1.29 is 19.7 Å². The second-order valence-electron chi connectivity index (χ2n) is 5.20. The van der Waals surface area contributed by atoms with Crippen LogP contribution in [0, 0.1) is 27.2 Å². The van der Waals surface area contributed by atoms with Crippen LogP contribution < -0.4 is 0 Å². The van der Waals surface area contributed by atoms with Gasteiger partial charge in [-0.05, 0) is 19.8 Å². The largest absolute Gasteiger partial charge is 0.391 e. The zero-order chi connectivity index (χ0) is 16.4. The van der Waals surface area contributed by atoms with Crippen LogP contribution in [-0.2, 0) is 0 Å². The molecule has 1 atom stereocenters. The van der Waals surface area contributed by atoms with E-state index in [2.05, 4.69) is 0 Å². The van der Waals surface area contributed by atoms with E-state index < -0.39 is 33.2 Å². The predicted molar refractivity (Wildman–Crippen MR) is 75.6 cm³/mol. The van der Waals surface area contributed by atoms with Crippen molar-refractivity contribution in [1.29, 1.82) is 0 Å². The molecule has 1 unspecified atom stereocenters. The standard InChI is InChI=1S/C13H15N3O6/c1-8-11(13(18)14-4-2-3-10(17)7-14)5-9(15(19)20)6-12(8)16(21)22/h5-6,10,17H,2-4,7H2,1H3. The highest BCUT2D eigenvalue weighted by molar-refractivity contribution is 5.97. The number of hydrogen-bond donors (Lipinski definition) is 1. The molecule has 2 rings (SSSR count). The predicted octanol–water partition coefficient (Wildman–Crippen LogP) is 1.41. The molecule has 1 saturated heterocycles. The van der Waals surface area contributed by atoms with Crippen LogP contribution in [0.15, 0.2) is 12.1 Å². The van der Waals surface area contributed by atoms with Crippen LogP contribution in [0.5, 0.6) is 0 Å². The van der Waals surface area contributed by atoms with Crippen LogP contribution in [0.2, 0.25) is 0 Å². The number of benzene rings is 1. The topological polar surface area (TPSA) is 127 Å². The van der Waals surface area contributed by atoms with Gasteiger partial charge in [0.2, 0.25) is 0 Å². The van der Waals surface area contributed by atoms with E-state index in [1.165, 1.54) is 11.8 Å². The molecule has 0 aliphatic carbocycles. The number of carbonyl (C=O) groups is 1. The van der Waals surface area contributed by atoms with Crippen LogP contribution in [0.4, 0.5) is 11.4 Å². The molecule has 22 heavy (non-hydrogen) atoms. The quantitative estimate of drug-likeness (QED) is 0.664. The first-order valence-electron chi connectivity index (χ1n) is 6.72. The maximum absolute atomic E-state index is 12.5. The summed E-state index contributed by atoms with van der Waals surface area (Å²) in [7, 11) is 0. The minimum atomic E-state index is -0.770. The van der Waals surface area contributed by atoms with E-state index >= 15 is 0 Å². The number of amides is 1. The van der Waals surface area contributed by atoms with Crippen LogP contribution in [-0.4, -0.2) is 45.0 Å². The molecule has 0 spiro atoms. The summed E-state index contributed by atoms with van der Waals surface area (Å²) in [6.45, 7) is 1.91. The molecule has 0 saturated carbocycles. The number of non-ortho nitro benzene ring substituents is 1. The third-order valence-electron chi connectivity index (χ3n) is 3.69. The Labute approximate surface area is 125 Å². The molecule has 1 aromatic carbocycles. The summed E-state index contributed by atoms with van der Waals surface area (Å²) in [6, 6.07) is 1.89. The van der Waals surface area contributed by atoms with E-state index in [-0.39, 0.29) is 17.7 Å². The lowest BCUT2D eigenvalue weighted by Crippen LogP contribution is -2.42. The first-order chi connectivity index (χ1) is 10.3. The van der Waals surface area contributed by atoms with Crippen molar-refractivity contribution in [3.05, 3.63) is 43.5 Å². The Hall–Kier alpha value is -2.55. The Morgan fingerprint density at radius 3 is 2.55 bits per heavy atom. The van der Waals surface area contributed by atoms with E-state index in [1.54, 1.807) is 0 Å². The monoisotopic (exact) mass is 309 g/mol. The van der Waals surface area contributed by atoms with Gasteiger partial charge in [0.1, 0.15) is 0 Å². The van der Waals surface area contributed by atoms with Crippen LogP contribution in [0.3, 0.4) is 0 Å². The number of nitro benzene ring substituents is 2. The molecule has 1 aliphatic heterocycles. The van der Waals surface area contributed by atoms with Crippen LogP contribution >= 0.6 is 0 Å². The fourth-order valence-electron chi connectivity index (χ4n) is 2.51. The average molecular weight is 309 g/mol. The number of aliphatic hydroxyl groups excluding tert-OH is 1. The lowest BCUT2D eigenvalue weighted by molar-refractivity contribution is -0.394. The second kappa shape index (κ2) is 6.06. The Morgan fingerprint density at radius 1 is 1.32 bits per heavy atom. The molecule has 9 heteroatoms. The summed E-state index contributed by atoms with van der Waals surface area (Å²) in [5.41, 5.74) is -0.955. The molecule has 0 aromatic heterocycles. The van der Waals surface area contributed by atoms with Crippen molar-refractivity contribution >= 4 is 17.3 Å². The number of aliphatic hydroxyl groups is 1. The summed E-state index contributed by atoms with van der Waals surface area (Å²) in [5, 5.41) is 31.5. The van der Waals surface area contributed by atoms with Gasteiger partial charge in [0.25, 0.3) is 17.3 Å². The zero-order valence-corrected chi connectivity index (χ0v) is 11.9. The number of β-amino-alcohol motifs (C(OH)–C–C–N with tert-alkyl or cyclic N) is 1. The number of piperidine rings is 1. The van der Waals surface area contributed by atoms with Gasteiger partial charge in [-0.1, -0.05) is 0 Å². The van der Waals surface area contributed by atoms with E-state index in [9.17, 15) is 30.1 Å². The third kappa shape index (κ3) is 3.03. The van der Waals surface area contributed by atoms with E-state index in [4.69, 9.17) is 0 Å². The molecular formula is C13H15N3O6. The van der Waals surface area contributed by atoms with Gasteiger partial charge >= 0.3 is 0 Å². The summed E-state index contributed by atoms with van der Waals surface area (Å²) in [5.74, 6) is -0.539. The van der Waals surface area contributed by atoms with Crippen LogP contribution in [0.1, 0.15) is 28.8 Å². The second-order valence-corrected chi connectivity index (χ2v) is 5.20. The van der Waals surface area contributed by atoms with Gasteiger partial charge in [-0.2, -0.15) is 0 Å². The molecule has 1 amide bonds. The minimum Gasteiger partial charge on any atom is -0.391 e. The number of nitro groups is 2. The smallest absolute Gasteiger partial charge is 0.279 e. The van der Waals surface area contributed by atoms with Crippen molar-refractivity contribution in [2.24, 2.45) is 0 Å². The van der Waals surface area contributed by atoms with Gasteiger partial charge in [0.05, 0.1) is 27.6 Å². The Morgan fingerprint density at radius 2 is 2.00 bits per heavy atom. The fourth-order valence-corrected chi connectivity index (χ4v) is 2.51. The summed E-state index contributed by atoms with van der Waals surface area (Å²) < 4.78 is 0. The van der Waals surface area contributed by atoms with Crippen molar-refractivity contribution in [3.8, 4) is 0 Å². The summed E-state index contributed by atoms with van der Waals surface area (Å²) in [4.78, 5) is 34.3. The van der Waals surface area contributed by atoms with Gasteiger partial charge < -0.3 is 10.0 Å². The van der Waals surface area contributed by atoms with Gasteiger partial charge in [-0.3, -0.25) is 25.0 Å². The maximum Gasteiger partial charge on any atom is 0.279 e. The first-order valence-corrected chi connectivity index (χ1v) is 6.72. The van der Waals surface area contributed by atoms with Crippen molar-refractivity contribution in [2.75, 3.05) is 13.1 Å². The Balaban J connectivity index is 2.46. The number of hydrogen-bond acceptors (Lipinski definition) is 6. The SMILES string of the molecule is Cc1c(C(=O)N2CCCC(O)C2)cc([N+](=O)[O-])cc1[N+](=O)[O-]. The molecule has 1 heterocycles. The molecule has 1 fully saturated rings. The van der Waals surface area contributed by atoms with Gasteiger partial charge in [-0.25, -0.2) is 0 Å². The number of likely N-dealkylation sites (tertiary alicyclic amines) is 1. The number of nitrogens with zero attached hydrogens (tertiary/aromatic N) is 3. The fraction of sp³-hybridized carbons (Fsp3) is 0.462. The first kappa shape index (κ1) is 15.8. The van der Waals surface area contributed by atoms with Crippen molar-refractivity contribution in [3.63, 3.8) is 0 Å². The highest BCUT2D eigenvalue weighted by Gasteiger charge is 2.29. The van der Waals surface area contributed by atoms with E-state index in [0.717, 1.165) is 12.1 Å². The molecule has 1 aromatic rings. The average Bonchev–Trinajstić information content (AvgIpc) is 2.46. The zero-order valence-electron chi connectivity index (χ0n) is 11.9. The molecule has 1 N–H and O–H groups in total. The lowest BCUT2D eigenvalue weighted by atomic mass is 10.0. The summed E-state index contributed by atoms with van der Waals surface area (Å²) in [6.07, 6.45) is 0.549. The summed E-state index contributed by atoms with van der Waals surface area (Å²) >= 11 is 0. The third-order valence-corrected chi connectivity index (χ3v) is 3.69. The van der Waals surface area contributed by atoms with Gasteiger partial charge in [0.15, 0.2) is 0 Å². The molecule has 9 nitrogen and oxygen atoms in total. The molecule has 0 bridgehead atoms. The Bertz CT molecular complexity index is 645. The minimum absolute atomic E-state index is 0.0741. The molecular weight excluding hydrogens is 294 g/mol. The normalized spacial score (nSPS) is 18.1.